The third-order valence-electron chi connectivity index (χ3n) is 1.35. The van der Waals surface area contributed by atoms with Crippen molar-refractivity contribution in [3.8, 4) is 0 Å². The van der Waals surface area contributed by atoms with E-state index in [1.165, 1.54) is 0 Å². The molecule has 0 atom stereocenters. The fraction of sp³-hybridized carbons (Fsp3) is 0.250. The number of methoxy groups -OCH3 is 1. The van der Waals surface area contributed by atoms with E-state index in [-0.39, 0.29) is 0 Å². The van der Waals surface area contributed by atoms with E-state index in [0.717, 1.165) is 5.56 Å². The lowest BCUT2D eigenvalue weighted by molar-refractivity contribution is 0.185. The minimum atomic E-state index is 0.551. The first-order chi connectivity index (χ1) is 5.22. The molecule has 0 amide bonds. The molecule has 3 nitrogen and oxygen atoms in total. The number of hydrogen-bond donors (Lipinski definition) is 2. The molecule has 1 aromatic carbocycles. The fourth-order valence-electron chi connectivity index (χ4n) is 0.996. The third kappa shape index (κ3) is 2.13. The van der Waals surface area contributed by atoms with E-state index in [4.69, 9.17) is 16.2 Å². The van der Waals surface area contributed by atoms with E-state index in [1.54, 1.807) is 13.2 Å². The van der Waals surface area contributed by atoms with Crippen LogP contribution in [0.5, 0.6) is 0 Å². The quantitative estimate of drug-likeness (QED) is 0.621. The summed E-state index contributed by atoms with van der Waals surface area (Å²) in [5, 5.41) is 0. The van der Waals surface area contributed by atoms with Gasteiger partial charge in [0, 0.05) is 18.5 Å². The summed E-state index contributed by atoms with van der Waals surface area (Å²) < 4.78 is 4.93. The molecule has 3 heteroatoms. The van der Waals surface area contributed by atoms with Gasteiger partial charge in [0.05, 0.1) is 6.61 Å². The second kappa shape index (κ2) is 3.25. The minimum absolute atomic E-state index is 0.551. The predicted octanol–water partition coefficient (Wildman–Crippen LogP) is 0.997. The molecule has 0 spiro atoms. The summed E-state index contributed by atoms with van der Waals surface area (Å²) in [6.07, 6.45) is 0. The number of rotatable bonds is 2. The molecule has 4 N–H and O–H groups in total. The number of anilines is 2. The minimum Gasteiger partial charge on any atom is -0.399 e. The van der Waals surface area contributed by atoms with Crippen LogP contribution in [0.25, 0.3) is 0 Å². The van der Waals surface area contributed by atoms with Crippen molar-refractivity contribution in [2.24, 2.45) is 0 Å². The number of ether oxygens (including phenoxy) is 1. The Balaban J connectivity index is 2.89. The summed E-state index contributed by atoms with van der Waals surface area (Å²) in [4.78, 5) is 0. The van der Waals surface area contributed by atoms with Crippen LogP contribution < -0.4 is 11.5 Å². The monoisotopic (exact) mass is 152 g/mol. The Morgan fingerprint density at radius 1 is 1.18 bits per heavy atom. The first kappa shape index (κ1) is 7.88. The molecule has 60 valence electrons. The molecule has 0 aliphatic rings. The average molecular weight is 152 g/mol. The van der Waals surface area contributed by atoms with Gasteiger partial charge >= 0.3 is 0 Å². The Kier molecular flexibility index (Phi) is 2.33. The normalized spacial score (nSPS) is 9.91. The van der Waals surface area contributed by atoms with E-state index in [1.807, 2.05) is 12.1 Å². The molecule has 0 saturated carbocycles. The summed E-state index contributed by atoms with van der Waals surface area (Å²) >= 11 is 0. The van der Waals surface area contributed by atoms with Crippen LogP contribution >= 0.6 is 0 Å². The molecule has 0 saturated heterocycles. The fourth-order valence-corrected chi connectivity index (χ4v) is 0.996. The van der Waals surface area contributed by atoms with Crippen LogP contribution in [0.4, 0.5) is 11.4 Å². The number of benzene rings is 1. The average Bonchev–Trinajstić information content (AvgIpc) is 1.85. The zero-order valence-electron chi connectivity index (χ0n) is 6.50. The van der Waals surface area contributed by atoms with Gasteiger partial charge in [0.15, 0.2) is 0 Å². The van der Waals surface area contributed by atoms with Gasteiger partial charge in [-0.2, -0.15) is 0 Å². The zero-order valence-corrected chi connectivity index (χ0v) is 6.50. The molecule has 11 heavy (non-hydrogen) atoms. The highest BCUT2D eigenvalue weighted by Crippen LogP contribution is 2.13. The van der Waals surface area contributed by atoms with Gasteiger partial charge in [-0.05, 0) is 23.8 Å². The van der Waals surface area contributed by atoms with E-state index in [2.05, 4.69) is 0 Å². The Morgan fingerprint density at radius 2 is 1.73 bits per heavy atom. The maximum atomic E-state index is 5.55. The Morgan fingerprint density at radius 3 is 2.18 bits per heavy atom. The van der Waals surface area contributed by atoms with Crippen molar-refractivity contribution in [1.82, 2.24) is 0 Å². The highest BCUT2D eigenvalue weighted by molar-refractivity contribution is 5.54. The standard InChI is InChI=1S/C8H12N2O/c1-11-5-6-2-7(9)4-8(10)3-6/h2-4H,5,9-10H2,1H3. The molecule has 0 bridgehead atoms. The topological polar surface area (TPSA) is 61.3 Å². The molecule has 0 aromatic heterocycles. The van der Waals surface area contributed by atoms with Crippen molar-refractivity contribution < 1.29 is 4.74 Å². The van der Waals surface area contributed by atoms with Gasteiger partial charge < -0.3 is 16.2 Å². The third-order valence-corrected chi connectivity index (χ3v) is 1.35. The Labute approximate surface area is 66.0 Å². The summed E-state index contributed by atoms with van der Waals surface area (Å²) in [5.74, 6) is 0. The molecule has 1 rings (SSSR count). The lowest BCUT2D eigenvalue weighted by atomic mass is 10.2. The van der Waals surface area contributed by atoms with Crippen LogP contribution in [0, 0.1) is 0 Å². The molecule has 0 radical (unpaired) electrons. The van der Waals surface area contributed by atoms with E-state index in [9.17, 15) is 0 Å². The number of nitrogens with two attached hydrogens (primary N) is 2. The van der Waals surface area contributed by atoms with Crippen molar-refractivity contribution in [2.75, 3.05) is 18.6 Å². The summed E-state index contributed by atoms with van der Waals surface area (Å²) in [6, 6.07) is 5.42. The van der Waals surface area contributed by atoms with Crippen molar-refractivity contribution in [3.63, 3.8) is 0 Å². The Hall–Kier alpha value is -1.22. The van der Waals surface area contributed by atoms with Crippen LogP contribution in [0.3, 0.4) is 0 Å². The van der Waals surface area contributed by atoms with Crippen molar-refractivity contribution >= 4 is 11.4 Å². The molecule has 0 heterocycles. The van der Waals surface area contributed by atoms with Gasteiger partial charge in [-0.15, -0.1) is 0 Å². The van der Waals surface area contributed by atoms with Crippen LogP contribution in [0.2, 0.25) is 0 Å². The first-order valence-corrected chi connectivity index (χ1v) is 3.36. The van der Waals surface area contributed by atoms with Crippen LogP contribution in [0.1, 0.15) is 5.56 Å². The van der Waals surface area contributed by atoms with Gasteiger partial charge in [-0.3, -0.25) is 0 Å². The highest BCUT2D eigenvalue weighted by atomic mass is 16.5. The van der Waals surface area contributed by atoms with E-state index >= 15 is 0 Å². The maximum absolute atomic E-state index is 5.55. The lowest BCUT2D eigenvalue weighted by Gasteiger charge is -2.02. The summed E-state index contributed by atoms with van der Waals surface area (Å²) in [5.41, 5.74) is 13.5. The van der Waals surface area contributed by atoms with Gasteiger partial charge in [0.25, 0.3) is 0 Å². The lowest BCUT2D eigenvalue weighted by Crippen LogP contribution is -1.94. The van der Waals surface area contributed by atoms with Gasteiger partial charge in [0.2, 0.25) is 0 Å². The maximum Gasteiger partial charge on any atom is 0.0714 e. The van der Waals surface area contributed by atoms with Crippen molar-refractivity contribution in [3.05, 3.63) is 23.8 Å². The molecule has 1 aromatic rings. The predicted molar refractivity (Wildman–Crippen MR) is 46.0 cm³/mol. The summed E-state index contributed by atoms with van der Waals surface area (Å²) in [7, 11) is 1.64. The van der Waals surface area contributed by atoms with Crippen LogP contribution in [-0.2, 0) is 11.3 Å². The van der Waals surface area contributed by atoms with Gasteiger partial charge in [-0.25, -0.2) is 0 Å². The van der Waals surface area contributed by atoms with Crippen molar-refractivity contribution in [1.29, 1.82) is 0 Å². The second-order valence-electron chi connectivity index (χ2n) is 2.44. The molecular weight excluding hydrogens is 140 g/mol. The largest absolute Gasteiger partial charge is 0.399 e. The van der Waals surface area contributed by atoms with Crippen molar-refractivity contribution in [2.45, 2.75) is 6.61 Å². The number of nitrogen functional groups attached to an aromatic ring is 2. The SMILES string of the molecule is COCc1cc(N)cc(N)c1. The molecule has 0 unspecified atom stereocenters. The molecule has 0 fully saturated rings. The molecule has 0 aliphatic heterocycles. The van der Waals surface area contributed by atoms with Gasteiger partial charge in [-0.1, -0.05) is 0 Å². The smallest absolute Gasteiger partial charge is 0.0714 e. The molecule has 0 aliphatic carbocycles. The van der Waals surface area contributed by atoms with E-state index in [0.29, 0.717) is 18.0 Å². The number of hydrogen-bond acceptors (Lipinski definition) is 3. The second-order valence-corrected chi connectivity index (χ2v) is 2.44. The molecular formula is C8H12N2O. The Bertz CT molecular complexity index is 228. The van der Waals surface area contributed by atoms with Crippen LogP contribution in [-0.4, -0.2) is 7.11 Å². The van der Waals surface area contributed by atoms with Gasteiger partial charge in [0.1, 0.15) is 0 Å². The highest BCUT2D eigenvalue weighted by Gasteiger charge is 1.94. The van der Waals surface area contributed by atoms with Crippen LogP contribution in [0.15, 0.2) is 18.2 Å². The summed E-state index contributed by atoms with van der Waals surface area (Å²) in [6.45, 7) is 0.551. The first-order valence-electron chi connectivity index (χ1n) is 3.36. The van der Waals surface area contributed by atoms with E-state index < -0.39 is 0 Å². The zero-order chi connectivity index (χ0) is 8.27.